The second-order valence-electron chi connectivity index (χ2n) is 8.26. The number of hydrogen-bond acceptors (Lipinski definition) is 5. The van der Waals surface area contributed by atoms with Gasteiger partial charge in [-0.25, -0.2) is 14.6 Å². The summed E-state index contributed by atoms with van der Waals surface area (Å²) in [5.74, 6) is 2.26. The van der Waals surface area contributed by atoms with Crippen LogP contribution in [0.25, 0.3) is 16.7 Å². The highest BCUT2D eigenvalue weighted by molar-refractivity contribution is 5.88. The van der Waals surface area contributed by atoms with E-state index in [1.807, 2.05) is 22.7 Å². The number of benzene rings is 1. The average Bonchev–Trinajstić information content (AvgIpc) is 3.48. The van der Waals surface area contributed by atoms with Crippen molar-refractivity contribution in [1.82, 2.24) is 24.6 Å². The van der Waals surface area contributed by atoms with E-state index in [4.69, 9.17) is 9.97 Å². The molecular weight excluding hydrogens is 364 g/mol. The lowest BCUT2D eigenvalue weighted by Gasteiger charge is -2.35. The standard InChI is InChI=1S/C22H26N6O/c1-14-4-7-19(15(2)12-14)28-21-18(13-23-28)20(24-16(3)25-21)26-8-10-27(11-9-26)22(29)17-5-6-17/h4,7,12-13,17H,5-6,8-11H2,1-3H3. The summed E-state index contributed by atoms with van der Waals surface area (Å²) in [7, 11) is 0. The highest BCUT2D eigenvalue weighted by atomic mass is 16.2. The molecule has 150 valence electrons. The molecule has 7 heteroatoms. The van der Waals surface area contributed by atoms with Crippen LogP contribution in [0.2, 0.25) is 0 Å². The first kappa shape index (κ1) is 18.1. The molecule has 0 N–H and O–H groups in total. The Hall–Kier alpha value is -2.96. The number of amides is 1. The number of carbonyl (C=O) groups excluding carboxylic acids is 1. The Morgan fingerprint density at radius 1 is 1.03 bits per heavy atom. The summed E-state index contributed by atoms with van der Waals surface area (Å²) in [6.07, 6.45) is 3.98. The van der Waals surface area contributed by atoms with Crippen molar-refractivity contribution in [1.29, 1.82) is 0 Å². The molecule has 1 aliphatic carbocycles. The van der Waals surface area contributed by atoms with Crippen LogP contribution in [0.4, 0.5) is 5.82 Å². The monoisotopic (exact) mass is 390 g/mol. The van der Waals surface area contributed by atoms with Crippen molar-refractivity contribution >= 4 is 22.8 Å². The van der Waals surface area contributed by atoms with E-state index in [0.29, 0.717) is 5.91 Å². The van der Waals surface area contributed by atoms with Crippen LogP contribution in [-0.4, -0.2) is 56.7 Å². The minimum Gasteiger partial charge on any atom is -0.352 e. The first-order chi connectivity index (χ1) is 14.0. The van der Waals surface area contributed by atoms with Gasteiger partial charge in [-0.3, -0.25) is 4.79 Å². The van der Waals surface area contributed by atoms with Gasteiger partial charge in [0.05, 0.1) is 17.3 Å². The Balaban J connectivity index is 1.48. The molecule has 0 radical (unpaired) electrons. The molecule has 29 heavy (non-hydrogen) atoms. The highest BCUT2D eigenvalue weighted by Crippen LogP contribution is 2.32. The van der Waals surface area contributed by atoms with Crippen molar-refractivity contribution in [3.8, 4) is 5.69 Å². The molecule has 1 saturated heterocycles. The van der Waals surface area contributed by atoms with E-state index in [1.54, 1.807) is 0 Å². The third-order valence-corrected chi connectivity index (χ3v) is 5.92. The summed E-state index contributed by atoms with van der Waals surface area (Å²) in [6, 6.07) is 6.35. The normalized spacial score (nSPS) is 17.2. The Morgan fingerprint density at radius 2 is 1.79 bits per heavy atom. The van der Waals surface area contributed by atoms with Gasteiger partial charge >= 0.3 is 0 Å². The summed E-state index contributed by atoms with van der Waals surface area (Å²) in [5, 5.41) is 5.61. The maximum absolute atomic E-state index is 12.4. The number of hydrogen-bond donors (Lipinski definition) is 0. The maximum atomic E-state index is 12.4. The Labute approximate surface area is 170 Å². The number of nitrogens with zero attached hydrogens (tertiary/aromatic N) is 6. The van der Waals surface area contributed by atoms with Crippen LogP contribution in [0.15, 0.2) is 24.4 Å². The number of piperazine rings is 1. The Bertz CT molecular complexity index is 1090. The molecule has 0 unspecified atom stereocenters. The highest BCUT2D eigenvalue weighted by Gasteiger charge is 2.35. The molecule has 2 fully saturated rings. The van der Waals surface area contributed by atoms with E-state index < -0.39 is 0 Å². The zero-order valence-electron chi connectivity index (χ0n) is 17.2. The van der Waals surface area contributed by atoms with Gasteiger partial charge in [0, 0.05) is 32.1 Å². The van der Waals surface area contributed by atoms with Crippen molar-refractivity contribution in [3.05, 3.63) is 41.3 Å². The summed E-state index contributed by atoms with van der Waals surface area (Å²) in [6.45, 7) is 9.21. The molecule has 5 rings (SSSR count). The van der Waals surface area contributed by atoms with E-state index >= 15 is 0 Å². The molecule has 1 aromatic carbocycles. The van der Waals surface area contributed by atoms with E-state index in [1.165, 1.54) is 11.1 Å². The molecule has 1 aliphatic heterocycles. The number of anilines is 1. The quantitative estimate of drug-likeness (QED) is 0.688. The zero-order valence-corrected chi connectivity index (χ0v) is 17.2. The molecule has 2 aromatic heterocycles. The van der Waals surface area contributed by atoms with Crippen LogP contribution >= 0.6 is 0 Å². The van der Waals surface area contributed by atoms with Crippen molar-refractivity contribution < 1.29 is 4.79 Å². The van der Waals surface area contributed by atoms with Crippen LogP contribution in [0.3, 0.4) is 0 Å². The van der Waals surface area contributed by atoms with Crippen molar-refractivity contribution in [2.75, 3.05) is 31.1 Å². The molecule has 1 amide bonds. The third kappa shape index (κ3) is 3.24. The van der Waals surface area contributed by atoms with Gasteiger partial charge in [0.15, 0.2) is 5.65 Å². The number of carbonyl (C=O) groups is 1. The van der Waals surface area contributed by atoms with Crippen LogP contribution in [0.5, 0.6) is 0 Å². The molecule has 0 bridgehead atoms. The van der Waals surface area contributed by atoms with E-state index in [2.05, 4.69) is 42.0 Å². The lowest BCUT2D eigenvalue weighted by Crippen LogP contribution is -2.49. The first-order valence-electron chi connectivity index (χ1n) is 10.3. The van der Waals surface area contributed by atoms with Gasteiger partial charge in [-0.05, 0) is 45.2 Å². The molecule has 7 nitrogen and oxygen atoms in total. The van der Waals surface area contributed by atoms with Crippen LogP contribution in [-0.2, 0) is 4.79 Å². The SMILES string of the molecule is Cc1ccc(-n2ncc3c(N4CCN(C(=O)C5CC5)CC4)nc(C)nc32)c(C)c1. The third-order valence-electron chi connectivity index (χ3n) is 5.92. The van der Waals surface area contributed by atoms with Gasteiger partial charge in [-0.1, -0.05) is 17.7 Å². The fourth-order valence-electron chi connectivity index (χ4n) is 4.19. The van der Waals surface area contributed by atoms with E-state index in [-0.39, 0.29) is 5.92 Å². The second-order valence-corrected chi connectivity index (χ2v) is 8.26. The average molecular weight is 390 g/mol. The zero-order chi connectivity index (χ0) is 20.1. The van der Waals surface area contributed by atoms with Gasteiger partial charge in [-0.2, -0.15) is 5.10 Å². The summed E-state index contributed by atoms with van der Waals surface area (Å²) in [4.78, 5) is 26.1. The molecule has 1 saturated carbocycles. The molecular formula is C22H26N6O. The molecule has 0 atom stereocenters. The number of fused-ring (bicyclic) bond motifs is 1. The number of aryl methyl sites for hydroxylation is 3. The first-order valence-corrected chi connectivity index (χ1v) is 10.3. The minimum absolute atomic E-state index is 0.283. The predicted molar refractivity (Wildman–Crippen MR) is 112 cm³/mol. The van der Waals surface area contributed by atoms with Gasteiger partial charge in [0.25, 0.3) is 0 Å². The summed E-state index contributed by atoms with van der Waals surface area (Å²) < 4.78 is 1.91. The van der Waals surface area contributed by atoms with Crippen LogP contribution in [0.1, 0.15) is 29.8 Å². The number of rotatable bonds is 3. The Morgan fingerprint density at radius 3 is 2.48 bits per heavy atom. The van der Waals surface area contributed by atoms with E-state index in [9.17, 15) is 4.79 Å². The largest absolute Gasteiger partial charge is 0.352 e. The minimum atomic E-state index is 0.283. The van der Waals surface area contributed by atoms with Crippen LogP contribution < -0.4 is 4.90 Å². The fourth-order valence-corrected chi connectivity index (χ4v) is 4.19. The van der Waals surface area contributed by atoms with Gasteiger partial charge in [0.2, 0.25) is 5.91 Å². The molecule has 3 heterocycles. The van der Waals surface area contributed by atoms with Gasteiger partial charge < -0.3 is 9.80 Å². The van der Waals surface area contributed by atoms with Gasteiger partial charge in [0.1, 0.15) is 11.6 Å². The van der Waals surface area contributed by atoms with Gasteiger partial charge in [-0.15, -0.1) is 0 Å². The molecule has 0 spiro atoms. The number of aromatic nitrogens is 4. The lowest BCUT2D eigenvalue weighted by molar-refractivity contribution is -0.132. The predicted octanol–water partition coefficient (Wildman–Crippen LogP) is 2.80. The topological polar surface area (TPSA) is 67.2 Å². The smallest absolute Gasteiger partial charge is 0.225 e. The van der Waals surface area contributed by atoms with Crippen LogP contribution in [0, 0.1) is 26.7 Å². The molecule has 2 aliphatic rings. The maximum Gasteiger partial charge on any atom is 0.225 e. The lowest BCUT2D eigenvalue weighted by atomic mass is 10.1. The molecule has 3 aromatic rings. The summed E-state index contributed by atoms with van der Waals surface area (Å²) >= 11 is 0. The Kier molecular flexibility index (Phi) is 4.26. The summed E-state index contributed by atoms with van der Waals surface area (Å²) in [5.41, 5.74) is 4.26. The van der Waals surface area contributed by atoms with E-state index in [0.717, 1.165) is 67.4 Å². The van der Waals surface area contributed by atoms with Crippen molar-refractivity contribution in [2.45, 2.75) is 33.6 Å². The van der Waals surface area contributed by atoms with Crippen molar-refractivity contribution in [2.24, 2.45) is 5.92 Å². The van der Waals surface area contributed by atoms with Crippen molar-refractivity contribution in [3.63, 3.8) is 0 Å². The fraction of sp³-hybridized carbons (Fsp3) is 0.455. The second kappa shape index (κ2) is 6.83.